The smallest absolute Gasteiger partial charge is 0.342 e. The SMILES string of the molecule is COc1ccc(C2=NN(C(=O)Nc3ccc(Oc4ccccc4)cc3)CC2c2ccccc2)cc1. The van der Waals surface area contributed by atoms with Crippen LogP contribution in [0.5, 0.6) is 17.2 Å². The summed E-state index contributed by atoms with van der Waals surface area (Å²) in [6.07, 6.45) is 0. The molecule has 5 rings (SSSR count). The van der Waals surface area contributed by atoms with E-state index >= 15 is 0 Å². The van der Waals surface area contributed by atoms with E-state index < -0.39 is 0 Å². The lowest BCUT2D eigenvalue weighted by molar-refractivity contribution is 0.218. The largest absolute Gasteiger partial charge is 0.497 e. The van der Waals surface area contributed by atoms with Crippen molar-refractivity contribution in [2.75, 3.05) is 19.0 Å². The zero-order chi connectivity index (χ0) is 24.0. The Balaban J connectivity index is 1.32. The summed E-state index contributed by atoms with van der Waals surface area (Å²) >= 11 is 0. The van der Waals surface area contributed by atoms with Gasteiger partial charge in [-0.25, -0.2) is 9.80 Å². The zero-order valence-electron chi connectivity index (χ0n) is 19.3. The number of rotatable bonds is 6. The average molecular weight is 464 g/mol. The van der Waals surface area contributed by atoms with Crippen LogP contribution in [0.1, 0.15) is 17.0 Å². The van der Waals surface area contributed by atoms with Gasteiger partial charge in [-0.15, -0.1) is 0 Å². The number of hydrazone groups is 1. The maximum atomic E-state index is 13.1. The Morgan fingerprint density at radius 3 is 2.06 bits per heavy atom. The van der Waals surface area contributed by atoms with E-state index in [1.54, 1.807) is 7.11 Å². The predicted octanol–water partition coefficient (Wildman–Crippen LogP) is 6.52. The van der Waals surface area contributed by atoms with Gasteiger partial charge in [-0.3, -0.25) is 0 Å². The number of carbonyl (C=O) groups excluding carboxylic acids is 1. The quantitative estimate of drug-likeness (QED) is 0.354. The number of urea groups is 1. The van der Waals surface area contributed by atoms with Gasteiger partial charge in [0.2, 0.25) is 0 Å². The molecular weight excluding hydrogens is 438 g/mol. The lowest BCUT2D eigenvalue weighted by Gasteiger charge is -2.16. The third-order valence-corrected chi connectivity index (χ3v) is 5.82. The topological polar surface area (TPSA) is 63.2 Å². The van der Waals surface area contributed by atoms with Crippen molar-refractivity contribution in [3.05, 3.63) is 120 Å². The lowest BCUT2D eigenvalue weighted by atomic mass is 9.90. The van der Waals surface area contributed by atoms with E-state index in [1.165, 1.54) is 5.01 Å². The van der Waals surface area contributed by atoms with Gasteiger partial charge in [0.05, 0.1) is 19.4 Å². The molecule has 174 valence electrons. The molecule has 0 saturated heterocycles. The van der Waals surface area contributed by atoms with Crippen LogP contribution in [-0.2, 0) is 0 Å². The summed E-state index contributed by atoms with van der Waals surface area (Å²) in [4.78, 5) is 13.1. The molecule has 0 spiro atoms. The first-order valence-electron chi connectivity index (χ1n) is 11.4. The second kappa shape index (κ2) is 10.1. The van der Waals surface area contributed by atoms with Crippen molar-refractivity contribution in [1.29, 1.82) is 0 Å². The Morgan fingerprint density at radius 1 is 0.800 bits per heavy atom. The molecule has 1 heterocycles. The molecule has 0 aliphatic carbocycles. The summed E-state index contributed by atoms with van der Waals surface area (Å²) in [5.41, 5.74) is 3.58. The number of ether oxygens (including phenoxy) is 2. The second-order valence-electron chi connectivity index (χ2n) is 8.13. The lowest BCUT2D eigenvalue weighted by Crippen LogP contribution is -2.30. The molecule has 0 aromatic heterocycles. The molecule has 4 aromatic carbocycles. The van der Waals surface area contributed by atoms with E-state index in [4.69, 9.17) is 14.6 Å². The summed E-state index contributed by atoms with van der Waals surface area (Å²) < 4.78 is 11.1. The molecule has 2 amide bonds. The van der Waals surface area contributed by atoms with E-state index in [2.05, 4.69) is 17.4 Å². The number of nitrogens with one attached hydrogen (secondary N) is 1. The molecule has 6 nitrogen and oxygen atoms in total. The number of hydrogen-bond acceptors (Lipinski definition) is 4. The van der Waals surface area contributed by atoms with Crippen LogP contribution in [0.15, 0.2) is 114 Å². The van der Waals surface area contributed by atoms with Gasteiger partial charge in [0.25, 0.3) is 0 Å². The number of methoxy groups -OCH3 is 1. The van der Waals surface area contributed by atoms with Gasteiger partial charge in [0.15, 0.2) is 0 Å². The molecule has 0 bridgehead atoms. The number of carbonyl (C=O) groups is 1. The van der Waals surface area contributed by atoms with Crippen LogP contribution in [0.3, 0.4) is 0 Å². The Kier molecular flexibility index (Phi) is 6.44. The Hall–Kier alpha value is -4.58. The Bertz CT molecular complexity index is 1310. The highest BCUT2D eigenvalue weighted by Crippen LogP contribution is 2.30. The molecule has 1 aliphatic heterocycles. The van der Waals surface area contributed by atoms with E-state index in [-0.39, 0.29) is 11.9 Å². The molecule has 6 heteroatoms. The van der Waals surface area contributed by atoms with Crippen molar-refractivity contribution in [2.24, 2.45) is 5.10 Å². The Labute approximate surface area is 204 Å². The van der Waals surface area contributed by atoms with Crippen LogP contribution in [-0.4, -0.2) is 30.4 Å². The van der Waals surface area contributed by atoms with Gasteiger partial charge in [0.1, 0.15) is 17.2 Å². The van der Waals surface area contributed by atoms with Gasteiger partial charge in [-0.1, -0.05) is 48.5 Å². The molecule has 0 saturated carbocycles. The van der Waals surface area contributed by atoms with Gasteiger partial charge < -0.3 is 14.8 Å². The van der Waals surface area contributed by atoms with Crippen molar-refractivity contribution in [2.45, 2.75) is 5.92 Å². The molecule has 0 fully saturated rings. The molecule has 0 radical (unpaired) electrons. The predicted molar refractivity (Wildman–Crippen MR) is 137 cm³/mol. The first-order chi connectivity index (χ1) is 17.2. The first-order valence-corrected chi connectivity index (χ1v) is 11.4. The highest BCUT2D eigenvalue weighted by molar-refractivity contribution is 6.07. The van der Waals surface area contributed by atoms with Crippen LogP contribution in [0.25, 0.3) is 0 Å². The van der Waals surface area contributed by atoms with E-state index in [0.29, 0.717) is 18.0 Å². The minimum absolute atomic E-state index is 0.0306. The minimum Gasteiger partial charge on any atom is -0.497 e. The third-order valence-electron chi connectivity index (χ3n) is 5.82. The number of amides is 2. The van der Waals surface area contributed by atoms with Gasteiger partial charge in [-0.2, -0.15) is 5.10 Å². The molecule has 1 atom stereocenters. The summed E-state index contributed by atoms with van der Waals surface area (Å²) in [5, 5.41) is 9.15. The molecular formula is C29H25N3O3. The molecule has 1 aliphatic rings. The second-order valence-corrected chi connectivity index (χ2v) is 8.13. The minimum atomic E-state index is -0.286. The Morgan fingerprint density at radius 2 is 1.40 bits per heavy atom. The normalized spacial score (nSPS) is 14.8. The fourth-order valence-electron chi connectivity index (χ4n) is 4.02. The van der Waals surface area contributed by atoms with Gasteiger partial charge in [-0.05, 0) is 71.8 Å². The van der Waals surface area contributed by atoms with Crippen LogP contribution < -0.4 is 14.8 Å². The monoisotopic (exact) mass is 463 g/mol. The van der Waals surface area contributed by atoms with Crippen molar-refractivity contribution >= 4 is 17.4 Å². The summed E-state index contributed by atoms with van der Waals surface area (Å²) in [7, 11) is 1.64. The number of hydrogen-bond donors (Lipinski definition) is 1. The van der Waals surface area contributed by atoms with Crippen LogP contribution in [0.4, 0.5) is 10.5 Å². The standard InChI is InChI=1S/C29H25N3O3/c1-34-24-16-12-22(13-17-24)28-27(21-8-4-2-5-9-21)20-32(31-28)29(33)30-23-14-18-26(19-15-23)35-25-10-6-3-7-11-25/h2-19,27H,20H2,1H3,(H,30,33). The van der Waals surface area contributed by atoms with E-state index in [1.807, 2.05) is 97.1 Å². The maximum Gasteiger partial charge on any atom is 0.342 e. The first kappa shape index (κ1) is 22.2. The van der Waals surface area contributed by atoms with Crippen LogP contribution in [0, 0.1) is 0 Å². The fourth-order valence-corrected chi connectivity index (χ4v) is 4.02. The number of nitrogens with zero attached hydrogens (tertiary/aromatic N) is 2. The number of benzene rings is 4. The van der Waals surface area contributed by atoms with E-state index in [0.717, 1.165) is 28.3 Å². The van der Waals surface area contributed by atoms with Gasteiger partial charge >= 0.3 is 6.03 Å². The van der Waals surface area contributed by atoms with Gasteiger partial charge in [0, 0.05) is 11.6 Å². The highest BCUT2D eigenvalue weighted by Gasteiger charge is 2.32. The molecule has 1 N–H and O–H groups in total. The molecule has 35 heavy (non-hydrogen) atoms. The number of anilines is 1. The van der Waals surface area contributed by atoms with Crippen molar-refractivity contribution in [3.8, 4) is 17.2 Å². The highest BCUT2D eigenvalue weighted by atomic mass is 16.5. The number of para-hydroxylation sites is 1. The summed E-state index contributed by atoms with van der Waals surface area (Å²) in [5.74, 6) is 2.20. The fraction of sp³-hybridized carbons (Fsp3) is 0.103. The third kappa shape index (κ3) is 5.17. The van der Waals surface area contributed by atoms with E-state index in [9.17, 15) is 4.79 Å². The summed E-state index contributed by atoms with van der Waals surface area (Å²) in [6.45, 7) is 0.451. The summed E-state index contributed by atoms with van der Waals surface area (Å²) in [6, 6.07) is 34.4. The van der Waals surface area contributed by atoms with Crippen molar-refractivity contribution in [1.82, 2.24) is 5.01 Å². The molecule has 4 aromatic rings. The maximum absolute atomic E-state index is 13.1. The van der Waals surface area contributed by atoms with Crippen molar-refractivity contribution in [3.63, 3.8) is 0 Å². The zero-order valence-corrected chi connectivity index (χ0v) is 19.3. The molecule has 1 unspecified atom stereocenters. The van der Waals surface area contributed by atoms with Crippen LogP contribution >= 0.6 is 0 Å². The average Bonchev–Trinajstić information content (AvgIpc) is 3.37. The van der Waals surface area contributed by atoms with Crippen molar-refractivity contribution < 1.29 is 14.3 Å². The van der Waals surface area contributed by atoms with Crippen LogP contribution in [0.2, 0.25) is 0 Å².